The van der Waals surface area contributed by atoms with Crippen molar-refractivity contribution >= 4 is 17.6 Å². The number of guanidine groups is 1. The van der Waals surface area contributed by atoms with E-state index < -0.39 is 35.6 Å². The topological polar surface area (TPSA) is 65.5 Å². The van der Waals surface area contributed by atoms with E-state index in [1.807, 2.05) is 6.92 Å². The molecule has 0 radical (unpaired) electrons. The van der Waals surface area contributed by atoms with Gasteiger partial charge in [-0.15, -0.1) is 0 Å². The van der Waals surface area contributed by atoms with Gasteiger partial charge in [0.25, 0.3) is 0 Å². The molecule has 1 amide bonds. The Labute approximate surface area is 166 Å². The second-order valence-electron chi connectivity index (χ2n) is 6.34. The maximum absolute atomic E-state index is 13.8. The second-order valence-corrected chi connectivity index (χ2v) is 6.34. The molecule has 0 bridgehead atoms. The molecule has 0 heterocycles. The highest BCUT2D eigenvalue weighted by molar-refractivity contribution is 5.94. The van der Waals surface area contributed by atoms with E-state index in [-0.39, 0.29) is 17.8 Å². The average Bonchev–Trinajstić information content (AvgIpc) is 2.68. The number of hydrogen-bond donors (Lipinski definition) is 3. The molecule has 156 valence electrons. The largest absolute Gasteiger partial charge is 0.357 e. The van der Waals surface area contributed by atoms with E-state index in [0.29, 0.717) is 23.7 Å². The van der Waals surface area contributed by atoms with Crippen molar-refractivity contribution in [2.45, 2.75) is 26.8 Å². The molecule has 0 spiro atoms. The van der Waals surface area contributed by atoms with Crippen LogP contribution in [0.15, 0.2) is 35.3 Å². The van der Waals surface area contributed by atoms with Crippen LogP contribution in [0.25, 0.3) is 0 Å². The number of aliphatic imine (C=N–C) groups is 1. The van der Waals surface area contributed by atoms with Crippen molar-refractivity contribution in [2.24, 2.45) is 4.99 Å². The summed E-state index contributed by atoms with van der Waals surface area (Å²) in [5, 5.41) is 8.12. The van der Waals surface area contributed by atoms with Crippen LogP contribution in [0, 0.1) is 30.2 Å². The molecule has 0 saturated heterocycles. The normalized spacial score (nSPS) is 12.4. The Morgan fingerprint density at radius 3 is 2.45 bits per heavy atom. The van der Waals surface area contributed by atoms with E-state index >= 15 is 0 Å². The Hall–Kier alpha value is -3.10. The molecule has 0 aromatic heterocycles. The molecule has 2 aromatic carbocycles. The van der Waals surface area contributed by atoms with Crippen LogP contribution in [0.3, 0.4) is 0 Å². The van der Waals surface area contributed by atoms with E-state index in [1.54, 1.807) is 26.0 Å². The van der Waals surface area contributed by atoms with Crippen molar-refractivity contribution in [1.29, 1.82) is 0 Å². The van der Waals surface area contributed by atoms with Crippen molar-refractivity contribution in [3.8, 4) is 0 Å². The van der Waals surface area contributed by atoms with E-state index in [1.165, 1.54) is 6.07 Å². The van der Waals surface area contributed by atoms with Gasteiger partial charge in [-0.1, -0.05) is 12.1 Å². The number of carbonyl (C=O) groups is 1. The number of aryl methyl sites for hydroxylation is 1. The van der Waals surface area contributed by atoms with Crippen molar-refractivity contribution < 1.29 is 22.4 Å². The number of nitrogens with zero attached hydrogens (tertiary/aromatic N) is 1. The number of hydrogen-bond acceptors (Lipinski definition) is 2. The van der Waals surface area contributed by atoms with Crippen molar-refractivity contribution in [3.63, 3.8) is 0 Å². The Morgan fingerprint density at radius 1 is 1.07 bits per heavy atom. The number of amides is 1. The summed E-state index contributed by atoms with van der Waals surface area (Å²) in [5.74, 6) is -5.27. The van der Waals surface area contributed by atoms with Crippen LogP contribution in [0.1, 0.15) is 31.0 Å². The lowest BCUT2D eigenvalue weighted by molar-refractivity contribution is -0.114. The van der Waals surface area contributed by atoms with Crippen LogP contribution in [0.4, 0.5) is 23.2 Å². The molecular weight excluding hydrogens is 388 g/mol. The third kappa shape index (κ3) is 5.94. The summed E-state index contributed by atoms with van der Waals surface area (Å²) < 4.78 is 53.6. The highest BCUT2D eigenvalue weighted by Gasteiger charge is 2.15. The first-order chi connectivity index (χ1) is 13.7. The first-order valence-corrected chi connectivity index (χ1v) is 8.97. The van der Waals surface area contributed by atoms with E-state index in [9.17, 15) is 22.4 Å². The fraction of sp³-hybridized carbons (Fsp3) is 0.300. The Kier molecular flexibility index (Phi) is 7.58. The maximum Gasteiger partial charge on any atom is 0.246 e. The molecule has 5 nitrogen and oxygen atoms in total. The Balaban J connectivity index is 2.05. The van der Waals surface area contributed by atoms with Crippen LogP contribution >= 0.6 is 0 Å². The van der Waals surface area contributed by atoms with Gasteiger partial charge in [-0.05, 0) is 50.1 Å². The predicted octanol–water partition coefficient (Wildman–Crippen LogP) is 3.81. The first-order valence-electron chi connectivity index (χ1n) is 8.97. The van der Waals surface area contributed by atoms with Gasteiger partial charge >= 0.3 is 0 Å². The van der Waals surface area contributed by atoms with E-state index in [4.69, 9.17) is 0 Å². The summed E-state index contributed by atoms with van der Waals surface area (Å²) in [6, 6.07) is 6.18. The van der Waals surface area contributed by atoms with Gasteiger partial charge in [0.05, 0.1) is 11.7 Å². The van der Waals surface area contributed by atoms with Crippen LogP contribution in [-0.2, 0) is 4.79 Å². The van der Waals surface area contributed by atoms with Crippen molar-refractivity contribution in [2.75, 3.05) is 18.4 Å². The highest BCUT2D eigenvalue weighted by atomic mass is 19.2. The molecule has 1 unspecified atom stereocenters. The number of halogens is 4. The summed E-state index contributed by atoms with van der Waals surface area (Å²) in [6.45, 7) is 5.39. The zero-order valence-corrected chi connectivity index (χ0v) is 16.2. The summed E-state index contributed by atoms with van der Waals surface area (Å²) in [5.41, 5.74) is 0.736. The molecule has 3 N–H and O–H groups in total. The molecule has 0 aliphatic carbocycles. The number of carbonyl (C=O) groups excluding carboxylic acids is 1. The second kappa shape index (κ2) is 9.90. The highest BCUT2D eigenvalue weighted by Crippen LogP contribution is 2.19. The number of benzene rings is 2. The monoisotopic (exact) mass is 410 g/mol. The minimum atomic E-state index is -1.67. The summed E-state index contributed by atoms with van der Waals surface area (Å²) in [4.78, 5) is 16.1. The zero-order chi connectivity index (χ0) is 21.6. The molecule has 0 fully saturated rings. The summed E-state index contributed by atoms with van der Waals surface area (Å²) in [7, 11) is 0. The van der Waals surface area contributed by atoms with Gasteiger partial charge in [0, 0.05) is 6.54 Å². The van der Waals surface area contributed by atoms with Crippen molar-refractivity contribution in [3.05, 3.63) is 64.7 Å². The molecular formula is C20H22F4N4O. The fourth-order valence-corrected chi connectivity index (χ4v) is 2.45. The van der Waals surface area contributed by atoms with Gasteiger partial charge in [-0.25, -0.2) is 22.6 Å². The first kappa shape index (κ1) is 22.2. The van der Waals surface area contributed by atoms with E-state index in [0.717, 1.165) is 6.07 Å². The van der Waals surface area contributed by atoms with Gasteiger partial charge < -0.3 is 16.0 Å². The van der Waals surface area contributed by atoms with Gasteiger partial charge in [0.2, 0.25) is 5.91 Å². The number of anilines is 1. The maximum atomic E-state index is 13.8. The molecule has 0 saturated carbocycles. The van der Waals surface area contributed by atoms with Crippen LogP contribution < -0.4 is 16.0 Å². The molecule has 0 aliphatic heterocycles. The SMILES string of the molecule is CCNC(=NCC(=O)Nc1ccc(F)c(F)c1F)NC(C)c1ccc(C)c(F)c1. The standard InChI is InChI=1S/C20H22F4N4O/c1-4-25-20(27-12(3)13-6-5-11(2)15(22)9-13)26-10-17(29)28-16-8-7-14(21)18(23)19(16)24/h5-9,12H,4,10H2,1-3H3,(H,28,29)(H2,25,26,27). The van der Waals surface area contributed by atoms with Crippen LogP contribution in [-0.4, -0.2) is 25.0 Å². The lowest BCUT2D eigenvalue weighted by Gasteiger charge is -2.18. The fourth-order valence-electron chi connectivity index (χ4n) is 2.45. The lowest BCUT2D eigenvalue weighted by Crippen LogP contribution is -2.39. The van der Waals surface area contributed by atoms with Crippen LogP contribution in [0.2, 0.25) is 0 Å². The van der Waals surface area contributed by atoms with Gasteiger partial charge in [0.15, 0.2) is 23.4 Å². The predicted molar refractivity (Wildman–Crippen MR) is 104 cm³/mol. The smallest absolute Gasteiger partial charge is 0.246 e. The quantitative estimate of drug-likeness (QED) is 0.294. The van der Waals surface area contributed by atoms with Gasteiger partial charge in [-0.2, -0.15) is 0 Å². The third-order valence-corrected chi connectivity index (χ3v) is 4.08. The molecule has 2 rings (SSSR count). The molecule has 29 heavy (non-hydrogen) atoms. The Bertz CT molecular complexity index is 918. The third-order valence-electron chi connectivity index (χ3n) is 4.08. The van der Waals surface area contributed by atoms with E-state index in [2.05, 4.69) is 20.9 Å². The van der Waals surface area contributed by atoms with Crippen molar-refractivity contribution in [1.82, 2.24) is 10.6 Å². The zero-order valence-electron chi connectivity index (χ0n) is 16.2. The summed E-state index contributed by atoms with van der Waals surface area (Å²) >= 11 is 0. The summed E-state index contributed by atoms with van der Waals surface area (Å²) in [6.07, 6.45) is 0. The minimum Gasteiger partial charge on any atom is -0.357 e. The number of nitrogens with one attached hydrogen (secondary N) is 3. The molecule has 2 aromatic rings. The average molecular weight is 410 g/mol. The molecule has 9 heteroatoms. The molecule has 0 aliphatic rings. The molecule has 1 atom stereocenters. The van der Waals surface area contributed by atoms with Crippen LogP contribution in [0.5, 0.6) is 0 Å². The van der Waals surface area contributed by atoms with Gasteiger partial charge in [0.1, 0.15) is 12.4 Å². The van der Waals surface area contributed by atoms with Gasteiger partial charge in [-0.3, -0.25) is 4.79 Å². The minimum absolute atomic E-state index is 0.280. The number of rotatable bonds is 6. The lowest BCUT2D eigenvalue weighted by atomic mass is 10.1. The Morgan fingerprint density at radius 2 is 1.79 bits per heavy atom.